The van der Waals surface area contributed by atoms with Gasteiger partial charge >= 0.3 is 13.7 Å². The lowest BCUT2D eigenvalue weighted by atomic mass is 10.1. The van der Waals surface area contributed by atoms with E-state index in [-0.39, 0.29) is 19.1 Å². The van der Waals surface area contributed by atoms with Crippen LogP contribution in [-0.4, -0.2) is 60.5 Å². The van der Waals surface area contributed by atoms with Gasteiger partial charge in [-0.3, -0.25) is 14.2 Å². The number of amides is 3. The number of hydrogen-bond donors (Lipinski definition) is 3. The molecule has 10 nitrogen and oxygen atoms in total. The number of carbonyl (C=O) groups excluding carboxylic acids is 3. The summed E-state index contributed by atoms with van der Waals surface area (Å²) in [7, 11) is -3.64. The van der Waals surface area contributed by atoms with E-state index in [1.807, 2.05) is 13.8 Å². The van der Waals surface area contributed by atoms with Crippen molar-refractivity contribution in [3.63, 3.8) is 0 Å². The molecule has 0 saturated heterocycles. The van der Waals surface area contributed by atoms with Crippen molar-refractivity contribution in [2.24, 2.45) is 0 Å². The van der Waals surface area contributed by atoms with E-state index in [0.29, 0.717) is 25.7 Å². The van der Waals surface area contributed by atoms with Crippen LogP contribution >= 0.6 is 19.2 Å². The number of rotatable bonds is 17. The fourth-order valence-electron chi connectivity index (χ4n) is 3.19. The summed E-state index contributed by atoms with van der Waals surface area (Å²) in [5.41, 5.74) is -0.724. The van der Waals surface area contributed by atoms with Gasteiger partial charge in [-0.25, -0.2) is 4.79 Å². The second-order valence-electron chi connectivity index (χ2n) is 9.10. The van der Waals surface area contributed by atoms with Crippen molar-refractivity contribution in [2.75, 3.05) is 19.1 Å². The highest BCUT2D eigenvalue weighted by Crippen LogP contribution is 2.53. The third kappa shape index (κ3) is 13.5. The molecule has 0 aliphatic rings. The van der Waals surface area contributed by atoms with Crippen molar-refractivity contribution in [2.45, 2.75) is 110 Å². The topological polar surface area (TPSA) is 132 Å². The van der Waals surface area contributed by atoms with Crippen LogP contribution < -0.4 is 16.0 Å². The predicted octanol–water partition coefficient (Wildman–Crippen LogP) is 4.69. The molecule has 12 heteroatoms. The van der Waals surface area contributed by atoms with Crippen molar-refractivity contribution in [3.05, 3.63) is 0 Å². The smallest absolute Gasteiger partial charge is 0.408 e. The van der Waals surface area contributed by atoms with Crippen molar-refractivity contribution >= 4 is 37.1 Å². The average Bonchev–Trinajstić information content (AvgIpc) is 2.75. The molecule has 3 atom stereocenters. The van der Waals surface area contributed by atoms with E-state index in [1.54, 1.807) is 34.6 Å². The molecule has 0 rings (SSSR count). The first kappa shape index (κ1) is 33.7. The summed E-state index contributed by atoms with van der Waals surface area (Å²) in [6.45, 7) is 12.8. The maximum absolute atomic E-state index is 13.4. The Bertz CT molecular complexity index is 693. The number of carbonyl (C=O) groups is 3. The molecule has 0 aliphatic carbocycles. The average molecular weight is 542 g/mol. The van der Waals surface area contributed by atoms with E-state index in [2.05, 4.69) is 16.0 Å². The summed E-state index contributed by atoms with van der Waals surface area (Å²) in [6, 6.07) is -2.03. The van der Waals surface area contributed by atoms with E-state index in [4.69, 9.17) is 25.4 Å². The number of nitrogens with one attached hydrogen (secondary N) is 3. The molecule has 3 amide bonds. The summed E-state index contributed by atoms with van der Waals surface area (Å²) >= 11 is 6.01. The Hall–Kier alpha value is -1.35. The lowest BCUT2D eigenvalue weighted by molar-refractivity contribution is -0.129. The zero-order valence-corrected chi connectivity index (χ0v) is 23.9. The molecule has 0 fully saturated rings. The largest absolute Gasteiger partial charge is 0.444 e. The van der Waals surface area contributed by atoms with E-state index in [0.717, 1.165) is 12.8 Å². The van der Waals surface area contributed by atoms with Gasteiger partial charge in [-0.15, -0.1) is 11.6 Å². The number of hydrogen-bond acceptors (Lipinski definition) is 7. The molecular weight excluding hydrogens is 497 g/mol. The highest BCUT2D eigenvalue weighted by Gasteiger charge is 2.38. The van der Waals surface area contributed by atoms with Crippen LogP contribution in [0.3, 0.4) is 0 Å². The molecule has 1 unspecified atom stereocenters. The van der Waals surface area contributed by atoms with Gasteiger partial charge in [0.1, 0.15) is 23.5 Å². The number of halogens is 1. The lowest BCUT2D eigenvalue weighted by Gasteiger charge is -2.29. The van der Waals surface area contributed by atoms with Gasteiger partial charge in [0.2, 0.25) is 11.8 Å². The second-order valence-corrected chi connectivity index (χ2v) is 11.6. The zero-order chi connectivity index (χ0) is 27.1. The monoisotopic (exact) mass is 541 g/mol. The first-order chi connectivity index (χ1) is 16.4. The molecule has 206 valence electrons. The Morgan fingerprint density at radius 1 is 0.829 bits per heavy atom. The molecular formula is C23H45ClN3O7P. The van der Waals surface area contributed by atoms with Gasteiger partial charge in [-0.1, -0.05) is 39.5 Å². The van der Waals surface area contributed by atoms with Crippen LogP contribution in [0.15, 0.2) is 0 Å². The van der Waals surface area contributed by atoms with Crippen molar-refractivity contribution < 1.29 is 32.7 Å². The summed E-state index contributed by atoms with van der Waals surface area (Å²) < 4.78 is 29.5. The summed E-state index contributed by atoms with van der Waals surface area (Å²) in [4.78, 5) is 38.1. The Morgan fingerprint density at radius 3 is 1.86 bits per heavy atom. The minimum absolute atomic E-state index is 0.155. The van der Waals surface area contributed by atoms with Crippen LogP contribution in [0.25, 0.3) is 0 Å². The number of ether oxygens (including phenoxy) is 1. The van der Waals surface area contributed by atoms with Crippen LogP contribution in [0, 0.1) is 0 Å². The van der Waals surface area contributed by atoms with Crippen LogP contribution in [0.1, 0.15) is 87.0 Å². The van der Waals surface area contributed by atoms with E-state index < -0.39 is 49.0 Å². The first-order valence-corrected chi connectivity index (χ1v) is 14.6. The number of alkyl carbamates (subject to hydrolysis) is 1. The molecule has 0 radical (unpaired) electrons. The molecule has 0 bridgehead atoms. The van der Waals surface area contributed by atoms with Gasteiger partial charge in [-0.2, -0.15) is 0 Å². The van der Waals surface area contributed by atoms with Gasteiger partial charge in [-0.05, 0) is 47.5 Å². The summed E-state index contributed by atoms with van der Waals surface area (Å²) in [6.07, 6.45) is 3.14. The minimum atomic E-state index is -3.64. The summed E-state index contributed by atoms with van der Waals surface area (Å²) in [5.74, 6) is -2.28. The molecule has 0 spiro atoms. The third-order valence-corrected chi connectivity index (χ3v) is 7.46. The minimum Gasteiger partial charge on any atom is -0.444 e. The SMILES string of the molecule is CCCCCC(NC(=O)[C@H](CCl)NC(=O)[C@H](CCC)NC(=O)OC(C)(C)C)P(=O)(OCC)OCC. The van der Waals surface area contributed by atoms with E-state index >= 15 is 0 Å². The molecule has 3 N–H and O–H groups in total. The Balaban J connectivity index is 5.49. The van der Waals surface area contributed by atoms with Crippen molar-refractivity contribution in [1.29, 1.82) is 0 Å². The Labute approximate surface area is 215 Å². The third-order valence-electron chi connectivity index (χ3n) is 4.76. The highest BCUT2D eigenvalue weighted by atomic mass is 35.5. The quantitative estimate of drug-likeness (QED) is 0.138. The molecule has 0 aromatic carbocycles. The van der Waals surface area contributed by atoms with Crippen LogP contribution in [0.2, 0.25) is 0 Å². The first-order valence-electron chi connectivity index (χ1n) is 12.4. The number of unbranched alkanes of at least 4 members (excludes halogenated alkanes) is 2. The molecule has 35 heavy (non-hydrogen) atoms. The van der Waals surface area contributed by atoms with Crippen molar-refractivity contribution in [3.8, 4) is 0 Å². The summed E-state index contributed by atoms with van der Waals surface area (Å²) in [5, 5.41) is 7.85. The zero-order valence-electron chi connectivity index (χ0n) is 22.3. The lowest BCUT2D eigenvalue weighted by Crippen LogP contribution is -2.56. The van der Waals surface area contributed by atoms with E-state index in [1.165, 1.54) is 0 Å². The predicted molar refractivity (Wildman–Crippen MR) is 138 cm³/mol. The molecule has 0 heterocycles. The normalized spacial score (nSPS) is 14.5. The maximum atomic E-state index is 13.4. The molecule has 0 saturated carbocycles. The fraction of sp³-hybridized carbons (Fsp3) is 0.870. The van der Waals surface area contributed by atoms with Gasteiger partial charge in [0, 0.05) is 0 Å². The van der Waals surface area contributed by atoms with Crippen LogP contribution in [-0.2, 0) is 27.9 Å². The van der Waals surface area contributed by atoms with Crippen LogP contribution in [0.4, 0.5) is 4.79 Å². The Morgan fingerprint density at radius 2 is 1.40 bits per heavy atom. The van der Waals surface area contributed by atoms with Crippen LogP contribution in [0.5, 0.6) is 0 Å². The molecule has 0 aromatic rings. The Kier molecular flexibility index (Phi) is 16.5. The maximum Gasteiger partial charge on any atom is 0.408 e. The molecule has 0 aromatic heterocycles. The molecule has 0 aliphatic heterocycles. The fourth-order valence-corrected chi connectivity index (χ4v) is 5.35. The van der Waals surface area contributed by atoms with Gasteiger partial charge in [0.05, 0.1) is 19.1 Å². The second kappa shape index (κ2) is 17.2. The van der Waals surface area contributed by atoms with Gasteiger partial charge < -0.3 is 29.7 Å². The van der Waals surface area contributed by atoms with Gasteiger partial charge in [0.15, 0.2) is 0 Å². The van der Waals surface area contributed by atoms with Gasteiger partial charge in [0.25, 0.3) is 0 Å². The standard InChI is InChI=1S/C23H45ClN3O7P/c1-8-12-13-15-19(35(31,32-10-3)33-11-4)27-21(29)18(16-24)25-20(28)17(14-9-2)26-22(30)34-23(5,6)7/h17-19H,8-16H2,1-7H3,(H,25,28)(H,26,30)(H,27,29)/t17-,18-,19?/m0/s1. The van der Waals surface area contributed by atoms with E-state index in [9.17, 15) is 18.9 Å². The number of alkyl halides is 1. The highest BCUT2D eigenvalue weighted by molar-refractivity contribution is 7.54. The van der Waals surface area contributed by atoms with Crippen molar-refractivity contribution in [1.82, 2.24) is 16.0 Å².